The van der Waals surface area contributed by atoms with Gasteiger partial charge in [0.05, 0.1) is 13.2 Å². The van der Waals surface area contributed by atoms with E-state index in [0.717, 1.165) is 22.8 Å². The van der Waals surface area contributed by atoms with Crippen LogP contribution < -0.4 is 15.8 Å². The molecule has 1 aromatic rings. The lowest BCUT2D eigenvalue weighted by molar-refractivity contribution is -0.117. The molecule has 1 aromatic carbocycles. The summed E-state index contributed by atoms with van der Waals surface area (Å²) in [4.78, 5) is 11.8. The minimum absolute atomic E-state index is 0.141. The van der Waals surface area contributed by atoms with Gasteiger partial charge in [-0.05, 0) is 49.1 Å². The van der Waals surface area contributed by atoms with Crippen molar-refractivity contribution in [3.63, 3.8) is 0 Å². The number of benzene rings is 1. The van der Waals surface area contributed by atoms with E-state index in [0.29, 0.717) is 6.42 Å². The first-order valence-electron chi connectivity index (χ1n) is 5.78. The van der Waals surface area contributed by atoms with E-state index in [4.69, 9.17) is 10.5 Å². The van der Waals surface area contributed by atoms with Crippen molar-refractivity contribution in [2.24, 2.45) is 5.73 Å². The zero-order valence-corrected chi connectivity index (χ0v) is 11.8. The van der Waals surface area contributed by atoms with Crippen molar-refractivity contribution >= 4 is 23.4 Å². The topological polar surface area (TPSA) is 64.3 Å². The smallest absolute Gasteiger partial charge is 0.241 e. The monoisotopic (exact) mass is 268 g/mol. The Morgan fingerprint density at radius 2 is 2.28 bits per heavy atom. The standard InChI is InChI=1S/C13H20N2O2S/c1-9-8-10(17-2)4-5-12(9)15-13(16)11(14)6-7-18-3/h4-5,8,11H,6-7,14H2,1-3H3,(H,15,16)/t11-/m0/s1. The van der Waals surface area contributed by atoms with Crippen LogP contribution in [0, 0.1) is 6.92 Å². The number of aryl methyl sites for hydroxylation is 1. The summed E-state index contributed by atoms with van der Waals surface area (Å²) in [6.07, 6.45) is 2.68. The van der Waals surface area contributed by atoms with Crippen molar-refractivity contribution in [1.29, 1.82) is 0 Å². The highest BCUT2D eigenvalue weighted by atomic mass is 32.2. The maximum atomic E-state index is 11.8. The molecule has 1 atom stereocenters. The molecule has 0 spiro atoms. The average Bonchev–Trinajstić information content (AvgIpc) is 2.38. The van der Waals surface area contributed by atoms with Gasteiger partial charge in [0.1, 0.15) is 5.75 Å². The van der Waals surface area contributed by atoms with Crippen LogP contribution in [-0.4, -0.2) is 31.1 Å². The third-order valence-electron chi connectivity index (χ3n) is 2.66. The van der Waals surface area contributed by atoms with E-state index in [2.05, 4.69) is 5.32 Å². The van der Waals surface area contributed by atoms with Crippen LogP contribution in [0.2, 0.25) is 0 Å². The summed E-state index contributed by atoms with van der Waals surface area (Å²) in [5, 5.41) is 2.84. The molecule has 0 aliphatic heterocycles. The lowest BCUT2D eigenvalue weighted by Crippen LogP contribution is -2.36. The number of carbonyl (C=O) groups excluding carboxylic acids is 1. The molecule has 0 bridgehead atoms. The Hall–Kier alpha value is -1.20. The molecule has 3 N–H and O–H groups in total. The number of anilines is 1. The lowest BCUT2D eigenvalue weighted by atomic mass is 10.1. The van der Waals surface area contributed by atoms with Crippen molar-refractivity contribution in [3.05, 3.63) is 23.8 Å². The molecule has 1 amide bonds. The molecule has 4 nitrogen and oxygen atoms in total. The van der Waals surface area contributed by atoms with Crippen LogP contribution in [0.15, 0.2) is 18.2 Å². The molecule has 5 heteroatoms. The molecule has 0 radical (unpaired) electrons. The zero-order chi connectivity index (χ0) is 13.5. The molecule has 0 fully saturated rings. The van der Waals surface area contributed by atoms with Gasteiger partial charge >= 0.3 is 0 Å². The quantitative estimate of drug-likeness (QED) is 0.828. The Balaban J connectivity index is 2.64. The number of ether oxygens (including phenoxy) is 1. The third kappa shape index (κ3) is 4.23. The SMILES string of the molecule is COc1ccc(NC(=O)[C@@H](N)CCSC)c(C)c1. The predicted octanol–water partition coefficient (Wildman–Crippen LogP) is 2.02. The van der Waals surface area contributed by atoms with Crippen molar-refractivity contribution in [2.75, 3.05) is 24.4 Å². The average molecular weight is 268 g/mol. The van der Waals surface area contributed by atoms with Gasteiger partial charge in [-0.2, -0.15) is 11.8 Å². The van der Waals surface area contributed by atoms with E-state index in [1.165, 1.54) is 0 Å². The second kappa shape index (κ2) is 7.28. The van der Waals surface area contributed by atoms with Crippen LogP contribution >= 0.6 is 11.8 Å². The van der Waals surface area contributed by atoms with Crippen LogP contribution in [0.1, 0.15) is 12.0 Å². The lowest BCUT2D eigenvalue weighted by Gasteiger charge is -2.13. The Labute approximate surface area is 112 Å². The molecule has 0 aliphatic rings. The van der Waals surface area contributed by atoms with Gasteiger partial charge in [0.15, 0.2) is 0 Å². The molecule has 0 aromatic heterocycles. The number of hydrogen-bond acceptors (Lipinski definition) is 4. The molecule has 0 heterocycles. The summed E-state index contributed by atoms with van der Waals surface area (Å²) in [7, 11) is 1.62. The van der Waals surface area contributed by atoms with Gasteiger partial charge in [-0.25, -0.2) is 0 Å². The highest BCUT2D eigenvalue weighted by Crippen LogP contribution is 2.21. The van der Waals surface area contributed by atoms with E-state index in [1.807, 2.05) is 31.4 Å². The molecule has 1 rings (SSSR count). The highest BCUT2D eigenvalue weighted by molar-refractivity contribution is 7.98. The first kappa shape index (κ1) is 14.9. The Morgan fingerprint density at radius 3 is 2.83 bits per heavy atom. The predicted molar refractivity (Wildman–Crippen MR) is 77.3 cm³/mol. The number of carbonyl (C=O) groups is 1. The summed E-state index contributed by atoms with van der Waals surface area (Å²) < 4.78 is 5.12. The first-order chi connectivity index (χ1) is 8.58. The van der Waals surface area contributed by atoms with Crippen LogP contribution in [0.3, 0.4) is 0 Å². The zero-order valence-electron chi connectivity index (χ0n) is 11.0. The molecule has 0 saturated carbocycles. The second-order valence-electron chi connectivity index (χ2n) is 4.06. The Bertz CT molecular complexity index is 410. The number of methoxy groups -OCH3 is 1. The molecule has 0 unspecified atom stereocenters. The van der Waals surface area contributed by atoms with Gasteiger partial charge in [0.25, 0.3) is 0 Å². The van der Waals surface area contributed by atoms with E-state index in [-0.39, 0.29) is 5.91 Å². The molecular formula is C13H20N2O2S. The fraction of sp³-hybridized carbons (Fsp3) is 0.462. The number of rotatable bonds is 6. The molecule has 18 heavy (non-hydrogen) atoms. The van der Waals surface area contributed by atoms with E-state index in [1.54, 1.807) is 18.9 Å². The molecular weight excluding hydrogens is 248 g/mol. The van der Waals surface area contributed by atoms with Crippen molar-refractivity contribution in [2.45, 2.75) is 19.4 Å². The van der Waals surface area contributed by atoms with Crippen molar-refractivity contribution in [1.82, 2.24) is 0 Å². The summed E-state index contributed by atoms with van der Waals surface area (Å²) in [6, 6.07) is 5.06. The van der Waals surface area contributed by atoms with Crippen LogP contribution in [0.5, 0.6) is 5.75 Å². The summed E-state index contributed by atoms with van der Waals surface area (Å²) in [5.74, 6) is 1.52. The summed E-state index contributed by atoms with van der Waals surface area (Å²) in [5.41, 5.74) is 7.54. The maximum absolute atomic E-state index is 11.8. The first-order valence-corrected chi connectivity index (χ1v) is 7.18. The minimum Gasteiger partial charge on any atom is -0.497 e. The van der Waals surface area contributed by atoms with Gasteiger partial charge in [0.2, 0.25) is 5.91 Å². The van der Waals surface area contributed by atoms with Gasteiger partial charge in [-0.1, -0.05) is 0 Å². The Morgan fingerprint density at radius 1 is 1.56 bits per heavy atom. The van der Waals surface area contributed by atoms with Gasteiger partial charge < -0.3 is 15.8 Å². The van der Waals surface area contributed by atoms with Crippen molar-refractivity contribution < 1.29 is 9.53 Å². The maximum Gasteiger partial charge on any atom is 0.241 e. The van der Waals surface area contributed by atoms with Crippen molar-refractivity contribution in [3.8, 4) is 5.75 Å². The van der Waals surface area contributed by atoms with Gasteiger partial charge in [-0.15, -0.1) is 0 Å². The minimum atomic E-state index is -0.459. The van der Waals surface area contributed by atoms with E-state index >= 15 is 0 Å². The molecule has 0 aliphatic carbocycles. The van der Waals surface area contributed by atoms with E-state index < -0.39 is 6.04 Å². The largest absolute Gasteiger partial charge is 0.497 e. The van der Waals surface area contributed by atoms with Gasteiger partial charge in [-0.3, -0.25) is 4.79 Å². The fourth-order valence-electron chi connectivity index (χ4n) is 1.50. The van der Waals surface area contributed by atoms with Crippen LogP contribution in [0.25, 0.3) is 0 Å². The summed E-state index contributed by atoms with van der Waals surface area (Å²) >= 11 is 1.69. The number of thioether (sulfide) groups is 1. The van der Waals surface area contributed by atoms with Crippen LogP contribution in [-0.2, 0) is 4.79 Å². The Kier molecular flexibility index (Phi) is 6.01. The van der Waals surface area contributed by atoms with Gasteiger partial charge in [0, 0.05) is 5.69 Å². The molecule has 100 valence electrons. The molecule has 0 saturated heterocycles. The highest BCUT2D eigenvalue weighted by Gasteiger charge is 2.13. The van der Waals surface area contributed by atoms with E-state index in [9.17, 15) is 4.79 Å². The number of nitrogens with two attached hydrogens (primary N) is 1. The number of nitrogens with one attached hydrogen (secondary N) is 1. The number of hydrogen-bond donors (Lipinski definition) is 2. The fourth-order valence-corrected chi connectivity index (χ4v) is 1.99. The normalized spacial score (nSPS) is 12.0. The summed E-state index contributed by atoms with van der Waals surface area (Å²) in [6.45, 7) is 1.92. The number of amides is 1. The second-order valence-corrected chi connectivity index (χ2v) is 5.04. The van der Waals surface area contributed by atoms with Crippen LogP contribution in [0.4, 0.5) is 5.69 Å². The third-order valence-corrected chi connectivity index (χ3v) is 3.31.